The highest BCUT2D eigenvalue weighted by molar-refractivity contribution is 6.24. The first-order valence-corrected chi connectivity index (χ1v) is 22.6. The Balaban J connectivity index is 1.22. The predicted octanol–water partition coefficient (Wildman–Crippen LogP) is 17.5. The number of aromatic nitrogens is 2. The van der Waals surface area contributed by atoms with Crippen LogP contribution in [0.5, 0.6) is 0 Å². The van der Waals surface area contributed by atoms with E-state index in [1.54, 1.807) is 0 Å². The topological polar surface area (TPSA) is 16.3 Å². The number of allylic oxidation sites excluding steroid dienone is 6. The van der Waals surface area contributed by atoms with Gasteiger partial charge in [-0.15, -0.1) is 0 Å². The number of benzene rings is 8. The lowest BCUT2D eigenvalue weighted by molar-refractivity contribution is 1.10. The van der Waals surface area contributed by atoms with E-state index in [0.29, 0.717) is 0 Å². The smallest absolute Gasteiger partial charge is 0.0804 e. The summed E-state index contributed by atoms with van der Waals surface area (Å²) in [4.78, 5) is 4.98. The van der Waals surface area contributed by atoms with E-state index in [9.17, 15) is 0 Å². The van der Waals surface area contributed by atoms with Crippen molar-refractivity contribution in [3.8, 4) is 22.5 Å². The van der Waals surface area contributed by atoms with Gasteiger partial charge in [-0.1, -0.05) is 159 Å². The maximum Gasteiger partial charge on any atom is 0.0804 e. The summed E-state index contributed by atoms with van der Waals surface area (Å²) in [5.74, 6) is 0. The van der Waals surface area contributed by atoms with Crippen LogP contribution in [0.1, 0.15) is 30.7 Å². The van der Waals surface area contributed by atoms with Gasteiger partial charge in [0.05, 0.1) is 45.0 Å². The van der Waals surface area contributed by atoms with Crippen molar-refractivity contribution in [1.82, 2.24) is 9.13 Å². The van der Waals surface area contributed by atoms with Gasteiger partial charge in [-0.05, 0) is 121 Å². The van der Waals surface area contributed by atoms with Crippen LogP contribution in [-0.2, 0) is 0 Å². The van der Waals surface area contributed by atoms with E-state index in [-0.39, 0.29) is 0 Å². The summed E-state index contributed by atoms with van der Waals surface area (Å²) in [7, 11) is 0. The van der Waals surface area contributed by atoms with Gasteiger partial charge in [-0.2, -0.15) is 0 Å². The lowest BCUT2D eigenvalue weighted by atomic mass is 9.97. The average Bonchev–Trinajstić information content (AvgIpc) is 3.89. The van der Waals surface area contributed by atoms with Crippen LogP contribution in [0.2, 0.25) is 0 Å². The van der Waals surface area contributed by atoms with E-state index in [1.165, 1.54) is 21.9 Å². The van der Waals surface area contributed by atoms with Crippen molar-refractivity contribution < 1.29 is 0 Å². The van der Waals surface area contributed by atoms with E-state index in [0.717, 1.165) is 89.8 Å². The second-order valence-electron chi connectivity index (χ2n) is 16.5. The van der Waals surface area contributed by atoms with Crippen LogP contribution in [0.4, 0.5) is 34.1 Å². The van der Waals surface area contributed by atoms with Gasteiger partial charge in [0, 0.05) is 44.5 Å². The van der Waals surface area contributed by atoms with Gasteiger partial charge in [0.2, 0.25) is 0 Å². The zero-order valence-electron chi connectivity index (χ0n) is 37.1. The zero-order valence-corrected chi connectivity index (χ0v) is 37.1. The fraction of sp³-hybridized carbons (Fsp3) is 0.0323. The van der Waals surface area contributed by atoms with Gasteiger partial charge in [0.1, 0.15) is 0 Å². The number of nitrogens with zero attached hydrogens (tertiary/aromatic N) is 4. The van der Waals surface area contributed by atoms with Crippen LogP contribution < -0.4 is 9.80 Å². The van der Waals surface area contributed by atoms with Gasteiger partial charge in [-0.25, -0.2) is 0 Å². The van der Waals surface area contributed by atoms with Crippen LogP contribution in [0.3, 0.4) is 0 Å². The van der Waals surface area contributed by atoms with E-state index in [1.807, 2.05) is 19.1 Å². The summed E-state index contributed by atoms with van der Waals surface area (Å²) in [6.45, 7) is 12.5. The minimum Gasteiger partial charge on any atom is -0.309 e. The van der Waals surface area contributed by atoms with E-state index >= 15 is 0 Å². The lowest BCUT2D eigenvalue weighted by Crippen LogP contribution is -2.24. The molecule has 0 amide bonds. The van der Waals surface area contributed by atoms with Gasteiger partial charge >= 0.3 is 0 Å². The molecule has 1 aliphatic heterocycles. The van der Waals surface area contributed by atoms with Crippen molar-refractivity contribution in [3.05, 3.63) is 248 Å². The maximum absolute atomic E-state index is 4.44. The fourth-order valence-electron chi connectivity index (χ4n) is 10.1. The van der Waals surface area contributed by atoms with Gasteiger partial charge in [0.15, 0.2) is 0 Å². The Kier molecular flexibility index (Phi) is 10.3. The van der Waals surface area contributed by atoms with Crippen LogP contribution >= 0.6 is 0 Å². The Morgan fingerprint density at radius 2 is 0.985 bits per heavy atom. The van der Waals surface area contributed by atoms with Crippen molar-refractivity contribution in [2.24, 2.45) is 0 Å². The Bertz CT molecular complexity index is 3550. The normalized spacial score (nSPS) is 12.7. The van der Waals surface area contributed by atoms with Crippen molar-refractivity contribution in [3.63, 3.8) is 0 Å². The quantitative estimate of drug-likeness (QED) is 0.128. The third kappa shape index (κ3) is 6.45. The summed E-state index contributed by atoms with van der Waals surface area (Å²) < 4.78 is 4.79. The molecule has 0 saturated heterocycles. The molecule has 4 heteroatoms. The molecule has 66 heavy (non-hydrogen) atoms. The molecule has 0 saturated carbocycles. The molecule has 4 nitrogen and oxygen atoms in total. The molecule has 0 radical (unpaired) electrons. The van der Waals surface area contributed by atoms with Crippen LogP contribution in [0, 0.1) is 0 Å². The van der Waals surface area contributed by atoms with Crippen molar-refractivity contribution in [2.45, 2.75) is 13.8 Å². The second kappa shape index (κ2) is 16.8. The minimum absolute atomic E-state index is 1.04. The number of hydrogen-bond donors (Lipinski definition) is 0. The van der Waals surface area contributed by atoms with Crippen LogP contribution in [-0.4, -0.2) is 9.13 Å². The molecule has 0 N–H and O–H groups in total. The maximum atomic E-state index is 4.44. The molecule has 0 spiro atoms. The van der Waals surface area contributed by atoms with Gasteiger partial charge < -0.3 is 18.9 Å². The third-order valence-electron chi connectivity index (χ3n) is 12.8. The summed E-state index contributed by atoms with van der Waals surface area (Å²) in [6.07, 6.45) is 14.5. The van der Waals surface area contributed by atoms with Crippen molar-refractivity contribution >= 4 is 84.6 Å². The summed E-state index contributed by atoms with van der Waals surface area (Å²) in [5.41, 5.74) is 18.9. The molecular weight excluding hydrogens is 801 g/mol. The molecule has 0 unspecified atom stereocenters. The van der Waals surface area contributed by atoms with Crippen molar-refractivity contribution in [2.75, 3.05) is 9.80 Å². The molecule has 8 aromatic carbocycles. The number of anilines is 6. The monoisotopic (exact) mass is 848 g/mol. The highest BCUT2D eigenvalue weighted by Crippen LogP contribution is 2.60. The number of fused-ring (bicyclic) bond motifs is 8. The number of para-hydroxylation sites is 3. The molecule has 1 aliphatic rings. The van der Waals surface area contributed by atoms with E-state index in [2.05, 4.69) is 257 Å². The molecule has 11 rings (SSSR count). The molecule has 0 aliphatic carbocycles. The highest BCUT2D eigenvalue weighted by Gasteiger charge is 2.36. The molecule has 3 heterocycles. The second-order valence-corrected chi connectivity index (χ2v) is 16.5. The average molecular weight is 849 g/mol. The molecule has 10 aromatic rings. The Morgan fingerprint density at radius 3 is 1.58 bits per heavy atom. The first kappa shape index (κ1) is 40.2. The summed E-state index contributed by atoms with van der Waals surface area (Å²) in [6, 6.07) is 68.1. The minimum atomic E-state index is 1.04. The molecule has 0 atom stereocenters. The first-order chi connectivity index (χ1) is 32.6. The Morgan fingerprint density at radius 1 is 0.455 bits per heavy atom. The largest absolute Gasteiger partial charge is 0.309 e. The summed E-state index contributed by atoms with van der Waals surface area (Å²) in [5, 5.41) is 3.51. The Labute approximate surface area is 386 Å². The number of rotatable bonds is 10. The Hall–Kier alpha value is -8.60. The van der Waals surface area contributed by atoms with Gasteiger partial charge in [0.25, 0.3) is 0 Å². The van der Waals surface area contributed by atoms with Crippen LogP contribution in [0.15, 0.2) is 232 Å². The molecule has 316 valence electrons. The lowest BCUT2D eigenvalue weighted by Gasteiger charge is -2.41. The van der Waals surface area contributed by atoms with Gasteiger partial charge in [-0.3, -0.25) is 0 Å². The molecule has 0 bridgehead atoms. The van der Waals surface area contributed by atoms with Crippen LogP contribution in [0.25, 0.3) is 72.9 Å². The number of hydrogen-bond acceptors (Lipinski definition) is 2. The highest BCUT2D eigenvalue weighted by atomic mass is 15.3. The summed E-state index contributed by atoms with van der Waals surface area (Å²) >= 11 is 0. The molecule has 2 aromatic heterocycles. The van der Waals surface area contributed by atoms with Crippen molar-refractivity contribution in [1.29, 1.82) is 0 Å². The standard InChI is InChI=1S/C62H48N4/c1-5-20-43(21-6-2)45-31-37-50(38-32-45)64-54-30-19-18-29-52(54)60-56(64)40-42-58-62(60)66(48-27-16-11-17-28-48)57-41-39-55-59(61(57)65(58)47-25-14-10-15-26-47)51(22-7-3)53(8-4)63(55)49-35-33-46(34-36-49)44-23-12-9-13-24-44/h5-42H,1,4H2,2-3H3/b21-6-,22-7-,43-20+. The molecule has 0 fully saturated rings. The zero-order chi connectivity index (χ0) is 44.7. The SMILES string of the molecule is C=C/C=C(\C=C/C)c1ccc(-n2c3ccccc3c3c4c(ccc32)N(c2ccccc2)c2c(ccc3c2c(/C=C\C)c(C=C)n3-c2ccc(-c3ccccc3)cc2)N4c2ccccc2)cc1. The fourth-order valence-corrected chi connectivity index (χ4v) is 10.1. The molecular formula is C62H48N4. The first-order valence-electron chi connectivity index (χ1n) is 22.6. The van der Waals surface area contributed by atoms with E-state index < -0.39 is 0 Å². The third-order valence-corrected chi connectivity index (χ3v) is 12.8. The predicted molar refractivity (Wildman–Crippen MR) is 284 cm³/mol. The van der Waals surface area contributed by atoms with E-state index in [4.69, 9.17) is 0 Å².